The zero-order chi connectivity index (χ0) is 11.4. The number of hydrogen-bond acceptors (Lipinski definition) is 3. The molecule has 0 unspecified atom stereocenters. The van der Waals surface area contributed by atoms with Gasteiger partial charge in [0.05, 0.1) is 0 Å². The van der Waals surface area contributed by atoms with Gasteiger partial charge in [-0.3, -0.25) is 0 Å². The van der Waals surface area contributed by atoms with Crippen molar-refractivity contribution in [1.29, 1.82) is 0 Å². The summed E-state index contributed by atoms with van der Waals surface area (Å²) in [7, 11) is 0. The van der Waals surface area contributed by atoms with Gasteiger partial charge in [0, 0.05) is 18.4 Å². The second kappa shape index (κ2) is 5.30. The Balaban J connectivity index is 1.87. The number of pyridine rings is 1. The summed E-state index contributed by atoms with van der Waals surface area (Å²) in [4.78, 5) is 4.33. The summed E-state index contributed by atoms with van der Waals surface area (Å²) < 4.78 is 5.84. The Morgan fingerprint density at radius 2 is 2.06 bits per heavy atom. The maximum atomic E-state index is 9.05. The van der Waals surface area contributed by atoms with Crippen molar-refractivity contribution in [2.75, 3.05) is 6.61 Å². The molecule has 0 aliphatic heterocycles. The Morgan fingerprint density at radius 1 is 1.31 bits per heavy atom. The van der Waals surface area contributed by atoms with E-state index in [-0.39, 0.29) is 6.10 Å². The lowest BCUT2D eigenvalue weighted by Crippen LogP contribution is -2.25. The maximum absolute atomic E-state index is 9.05. The van der Waals surface area contributed by atoms with Crippen molar-refractivity contribution in [2.24, 2.45) is 5.92 Å². The van der Waals surface area contributed by atoms with Crippen LogP contribution in [0.1, 0.15) is 31.4 Å². The maximum Gasteiger partial charge on any atom is 0.213 e. The summed E-state index contributed by atoms with van der Waals surface area (Å²) in [6, 6.07) is 5.84. The standard InChI is InChI=1S/C13H19NO2/c1-10-3-2-4-13(14-10)16-12-7-5-11(9-15)6-8-12/h2-4,11-12,15H,5-9H2,1H3. The monoisotopic (exact) mass is 221 g/mol. The van der Waals surface area contributed by atoms with Crippen LogP contribution in [-0.4, -0.2) is 22.8 Å². The third-order valence-corrected chi connectivity index (χ3v) is 3.20. The molecule has 0 aromatic carbocycles. The molecule has 1 aliphatic rings. The number of ether oxygens (including phenoxy) is 1. The molecule has 16 heavy (non-hydrogen) atoms. The van der Waals surface area contributed by atoms with Gasteiger partial charge in [0.25, 0.3) is 0 Å². The molecule has 1 N–H and O–H groups in total. The van der Waals surface area contributed by atoms with E-state index < -0.39 is 0 Å². The first-order valence-electron chi connectivity index (χ1n) is 5.99. The lowest BCUT2D eigenvalue weighted by Gasteiger charge is -2.27. The van der Waals surface area contributed by atoms with Gasteiger partial charge < -0.3 is 9.84 Å². The van der Waals surface area contributed by atoms with Crippen molar-refractivity contribution in [3.63, 3.8) is 0 Å². The van der Waals surface area contributed by atoms with Crippen LogP contribution in [-0.2, 0) is 0 Å². The van der Waals surface area contributed by atoms with Crippen LogP contribution in [0.2, 0.25) is 0 Å². The molecular weight excluding hydrogens is 202 g/mol. The molecule has 1 heterocycles. The predicted molar refractivity (Wildman–Crippen MR) is 62.4 cm³/mol. The molecule has 0 saturated heterocycles. The molecule has 0 bridgehead atoms. The van der Waals surface area contributed by atoms with Gasteiger partial charge in [0.1, 0.15) is 6.10 Å². The van der Waals surface area contributed by atoms with Crippen LogP contribution in [0.15, 0.2) is 18.2 Å². The normalized spacial score (nSPS) is 25.4. The molecule has 88 valence electrons. The molecule has 0 radical (unpaired) electrons. The summed E-state index contributed by atoms with van der Waals surface area (Å²) >= 11 is 0. The minimum Gasteiger partial charge on any atom is -0.474 e. The fourth-order valence-electron chi connectivity index (χ4n) is 2.19. The van der Waals surface area contributed by atoms with Crippen LogP contribution < -0.4 is 4.74 Å². The summed E-state index contributed by atoms with van der Waals surface area (Å²) in [5.74, 6) is 1.21. The van der Waals surface area contributed by atoms with Crippen LogP contribution in [0.25, 0.3) is 0 Å². The third kappa shape index (κ3) is 2.95. The molecule has 1 fully saturated rings. The molecule has 1 aromatic heterocycles. The molecule has 0 spiro atoms. The van der Waals surface area contributed by atoms with E-state index in [1.165, 1.54) is 0 Å². The van der Waals surface area contributed by atoms with E-state index in [0.29, 0.717) is 12.5 Å². The first-order valence-corrected chi connectivity index (χ1v) is 5.99. The van der Waals surface area contributed by atoms with Crippen LogP contribution in [0.4, 0.5) is 0 Å². The molecule has 3 nitrogen and oxygen atoms in total. The Hall–Kier alpha value is -1.09. The van der Waals surface area contributed by atoms with Gasteiger partial charge in [-0.05, 0) is 44.6 Å². The number of aliphatic hydroxyl groups excluding tert-OH is 1. The first-order chi connectivity index (χ1) is 7.78. The fraction of sp³-hybridized carbons (Fsp3) is 0.615. The second-order valence-corrected chi connectivity index (χ2v) is 4.56. The van der Waals surface area contributed by atoms with Crippen molar-refractivity contribution in [3.05, 3.63) is 23.9 Å². The Morgan fingerprint density at radius 3 is 2.69 bits per heavy atom. The van der Waals surface area contributed by atoms with E-state index in [1.807, 2.05) is 25.1 Å². The lowest BCUT2D eigenvalue weighted by molar-refractivity contribution is 0.100. The summed E-state index contributed by atoms with van der Waals surface area (Å²) in [6.07, 6.45) is 4.46. The lowest BCUT2D eigenvalue weighted by atomic mass is 9.88. The van der Waals surface area contributed by atoms with Crippen molar-refractivity contribution in [2.45, 2.75) is 38.7 Å². The molecule has 0 atom stereocenters. The third-order valence-electron chi connectivity index (χ3n) is 3.20. The minimum absolute atomic E-state index is 0.275. The van der Waals surface area contributed by atoms with Gasteiger partial charge in [-0.1, -0.05) is 6.07 Å². The number of hydrogen-bond donors (Lipinski definition) is 1. The highest BCUT2D eigenvalue weighted by Gasteiger charge is 2.21. The number of nitrogens with zero attached hydrogens (tertiary/aromatic N) is 1. The Bertz CT molecular complexity index is 332. The molecule has 1 aliphatic carbocycles. The first kappa shape index (κ1) is 11.4. The van der Waals surface area contributed by atoms with Gasteiger partial charge >= 0.3 is 0 Å². The molecule has 0 amide bonds. The molecule has 1 aromatic rings. The Kier molecular flexibility index (Phi) is 3.78. The SMILES string of the molecule is Cc1cccc(OC2CCC(CO)CC2)n1. The van der Waals surface area contributed by atoms with Crippen LogP contribution in [0.5, 0.6) is 5.88 Å². The van der Waals surface area contributed by atoms with Crippen molar-refractivity contribution < 1.29 is 9.84 Å². The average Bonchev–Trinajstić information content (AvgIpc) is 2.30. The van der Waals surface area contributed by atoms with Crippen LogP contribution >= 0.6 is 0 Å². The van der Waals surface area contributed by atoms with Gasteiger partial charge in [0.15, 0.2) is 0 Å². The van der Waals surface area contributed by atoms with Crippen molar-refractivity contribution in [3.8, 4) is 5.88 Å². The zero-order valence-corrected chi connectivity index (χ0v) is 9.72. The van der Waals surface area contributed by atoms with Gasteiger partial charge in [0.2, 0.25) is 5.88 Å². The fourth-order valence-corrected chi connectivity index (χ4v) is 2.19. The van der Waals surface area contributed by atoms with E-state index in [1.54, 1.807) is 0 Å². The molecular formula is C13H19NO2. The predicted octanol–water partition coefficient (Wildman–Crippen LogP) is 2.32. The number of aryl methyl sites for hydroxylation is 1. The van der Waals surface area contributed by atoms with Crippen LogP contribution in [0.3, 0.4) is 0 Å². The topological polar surface area (TPSA) is 42.4 Å². The highest BCUT2D eigenvalue weighted by atomic mass is 16.5. The highest BCUT2D eigenvalue weighted by Crippen LogP contribution is 2.26. The van der Waals surface area contributed by atoms with Crippen molar-refractivity contribution in [1.82, 2.24) is 4.98 Å². The number of aromatic nitrogens is 1. The Labute approximate surface area is 96.5 Å². The average molecular weight is 221 g/mol. The summed E-state index contributed by atoms with van der Waals surface area (Å²) in [6.45, 7) is 2.28. The molecule has 2 rings (SSSR count). The van der Waals surface area contributed by atoms with E-state index in [9.17, 15) is 0 Å². The van der Waals surface area contributed by atoms with E-state index >= 15 is 0 Å². The summed E-state index contributed by atoms with van der Waals surface area (Å²) in [5, 5.41) is 9.05. The van der Waals surface area contributed by atoms with Gasteiger partial charge in [-0.25, -0.2) is 4.98 Å². The largest absolute Gasteiger partial charge is 0.474 e. The minimum atomic E-state index is 0.275. The van der Waals surface area contributed by atoms with Gasteiger partial charge in [-0.2, -0.15) is 0 Å². The zero-order valence-electron chi connectivity index (χ0n) is 9.72. The highest BCUT2D eigenvalue weighted by molar-refractivity contribution is 5.15. The molecule has 3 heteroatoms. The van der Waals surface area contributed by atoms with Gasteiger partial charge in [-0.15, -0.1) is 0 Å². The smallest absolute Gasteiger partial charge is 0.213 e. The summed E-state index contributed by atoms with van der Waals surface area (Å²) in [5.41, 5.74) is 0.988. The van der Waals surface area contributed by atoms with E-state index in [2.05, 4.69) is 4.98 Å². The second-order valence-electron chi connectivity index (χ2n) is 4.56. The molecule has 1 saturated carbocycles. The van der Waals surface area contributed by atoms with Crippen molar-refractivity contribution >= 4 is 0 Å². The van der Waals surface area contributed by atoms with E-state index in [0.717, 1.165) is 37.3 Å². The number of aliphatic hydroxyl groups is 1. The quantitative estimate of drug-likeness (QED) is 0.851. The van der Waals surface area contributed by atoms with Crippen LogP contribution in [0, 0.1) is 12.8 Å². The number of rotatable bonds is 3. The van der Waals surface area contributed by atoms with E-state index in [4.69, 9.17) is 9.84 Å².